The maximum Gasteiger partial charge on any atom is 0.415 e. The molecule has 1 saturated heterocycles. The van der Waals surface area contributed by atoms with Crippen LogP contribution in [0.5, 0.6) is 0 Å². The SMILES string of the molecule is CC1(C)CC(CNC2=CC=C(Cl)C(NC3CCC(NC[C@H](O)C(F)(F)F)CC3)(c3ccncc3Cl)N2)CCO1. The van der Waals surface area contributed by atoms with Crippen molar-refractivity contribution in [3.05, 3.63) is 52.1 Å². The molecule has 3 aliphatic rings. The summed E-state index contributed by atoms with van der Waals surface area (Å²) in [4.78, 5) is 4.13. The zero-order valence-corrected chi connectivity index (χ0v) is 23.8. The Kier molecular flexibility index (Phi) is 9.77. The van der Waals surface area contributed by atoms with E-state index >= 15 is 0 Å². The lowest BCUT2D eigenvalue weighted by atomic mass is 9.87. The fourth-order valence-electron chi connectivity index (χ4n) is 5.67. The van der Waals surface area contributed by atoms with Gasteiger partial charge in [-0.1, -0.05) is 23.2 Å². The summed E-state index contributed by atoms with van der Waals surface area (Å²) in [6.07, 6.45) is 4.68. The van der Waals surface area contributed by atoms with Crippen molar-refractivity contribution in [2.24, 2.45) is 5.92 Å². The average molecular weight is 593 g/mol. The van der Waals surface area contributed by atoms with Gasteiger partial charge in [-0.05, 0) is 76.5 Å². The Morgan fingerprint density at radius 2 is 1.87 bits per heavy atom. The van der Waals surface area contributed by atoms with Gasteiger partial charge in [-0.2, -0.15) is 13.2 Å². The third-order valence-corrected chi connectivity index (χ3v) is 8.47. The number of ether oxygens (including phenoxy) is 1. The van der Waals surface area contributed by atoms with Crippen LogP contribution in [-0.2, 0) is 10.4 Å². The van der Waals surface area contributed by atoms with E-state index in [1.165, 1.54) is 0 Å². The van der Waals surface area contributed by atoms with Crippen molar-refractivity contribution in [1.29, 1.82) is 0 Å². The highest BCUT2D eigenvalue weighted by Crippen LogP contribution is 2.38. The topological polar surface area (TPSA) is 90.5 Å². The molecule has 2 aliphatic heterocycles. The lowest BCUT2D eigenvalue weighted by Gasteiger charge is -2.44. The van der Waals surface area contributed by atoms with E-state index in [-0.39, 0.29) is 17.7 Å². The molecule has 218 valence electrons. The van der Waals surface area contributed by atoms with E-state index in [1.807, 2.05) is 18.2 Å². The first-order valence-corrected chi connectivity index (χ1v) is 14.2. The summed E-state index contributed by atoms with van der Waals surface area (Å²) in [6, 6.07) is 1.74. The van der Waals surface area contributed by atoms with E-state index in [4.69, 9.17) is 27.9 Å². The summed E-state index contributed by atoms with van der Waals surface area (Å²) in [6.45, 7) is 5.23. The molecule has 0 spiro atoms. The first kappa shape index (κ1) is 30.4. The second-order valence-electron chi connectivity index (χ2n) is 11.3. The number of hydrogen-bond acceptors (Lipinski definition) is 7. The van der Waals surface area contributed by atoms with Gasteiger partial charge in [0.1, 0.15) is 5.82 Å². The number of dihydropyridines is 1. The summed E-state index contributed by atoms with van der Waals surface area (Å²) in [5, 5.41) is 23.9. The predicted molar refractivity (Wildman–Crippen MR) is 146 cm³/mol. The van der Waals surface area contributed by atoms with Gasteiger partial charge in [0.05, 0.1) is 15.7 Å². The lowest BCUT2D eigenvalue weighted by molar-refractivity contribution is -0.202. The van der Waals surface area contributed by atoms with Gasteiger partial charge in [-0.15, -0.1) is 0 Å². The van der Waals surface area contributed by atoms with Crippen LogP contribution in [0.3, 0.4) is 0 Å². The molecule has 0 aromatic carbocycles. The highest BCUT2D eigenvalue weighted by molar-refractivity contribution is 6.33. The number of nitrogens with one attached hydrogen (secondary N) is 4. The molecule has 7 nitrogen and oxygen atoms in total. The molecule has 12 heteroatoms. The predicted octanol–water partition coefficient (Wildman–Crippen LogP) is 4.66. The van der Waals surface area contributed by atoms with Crippen LogP contribution < -0.4 is 21.3 Å². The van der Waals surface area contributed by atoms with E-state index in [0.29, 0.717) is 41.7 Å². The third kappa shape index (κ3) is 7.80. The van der Waals surface area contributed by atoms with Gasteiger partial charge in [0.15, 0.2) is 11.8 Å². The number of aromatic nitrogens is 1. The Balaban J connectivity index is 1.43. The van der Waals surface area contributed by atoms with Crippen molar-refractivity contribution in [3.63, 3.8) is 0 Å². The summed E-state index contributed by atoms with van der Waals surface area (Å²) < 4.78 is 43.9. The van der Waals surface area contributed by atoms with Crippen LogP contribution in [-0.4, -0.2) is 59.8 Å². The highest BCUT2D eigenvalue weighted by Gasteiger charge is 2.43. The molecule has 3 heterocycles. The van der Waals surface area contributed by atoms with Gasteiger partial charge >= 0.3 is 6.18 Å². The number of pyridine rings is 1. The van der Waals surface area contributed by atoms with E-state index in [1.54, 1.807) is 12.4 Å². The Morgan fingerprint density at radius 3 is 2.54 bits per heavy atom. The molecule has 1 saturated carbocycles. The molecular formula is C27H38Cl2F3N5O2. The number of halogens is 5. The maximum absolute atomic E-state index is 12.7. The van der Waals surface area contributed by atoms with Gasteiger partial charge in [0.25, 0.3) is 0 Å². The molecule has 3 atom stereocenters. The largest absolute Gasteiger partial charge is 0.415 e. The molecule has 0 radical (unpaired) electrons. The minimum Gasteiger partial charge on any atom is -0.382 e. The van der Waals surface area contributed by atoms with Crippen LogP contribution in [0.1, 0.15) is 57.9 Å². The van der Waals surface area contributed by atoms with Crippen LogP contribution in [0, 0.1) is 5.92 Å². The molecule has 0 amide bonds. The van der Waals surface area contributed by atoms with Crippen molar-refractivity contribution in [3.8, 4) is 0 Å². The Morgan fingerprint density at radius 1 is 1.15 bits per heavy atom. The van der Waals surface area contributed by atoms with Crippen molar-refractivity contribution >= 4 is 23.2 Å². The first-order valence-electron chi connectivity index (χ1n) is 13.5. The van der Waals surface area contributed by atoms with Crippen LogP contribution >= 0.6 is 23.2 Å². The molecule has 4 rings (SSSR count). The molecule has 1 aromatic rings. The molecule has 2 unspecified atom stereocenters. The van der Waals surface area contributed by atoms with Gasteiger partial charge in [0.2, 0.25) is 0 Å². The zero-order valence-electron chi connectivity index (χ0n) is 22.3. The molecule has 0 bridgehead atoms. The molecule has 2 fully saturated rings. The minimum atomic E-state index is -4.63. The summed E-state index contributed by atoms with van der Waals surface area (Å²) in [5.41, 5.74) is -0.421. The summed E-state index contributed by atoms with van der Waals surface area (Å²) in [7, 11) is 0. The maximum atomic E-state index is 12.7. The second-order valence-corrected chi connectivity index (χ2v) is 12.1. The fraction of sp³-hybridized carbons (Fsp3) is 0.667. The molecule has 5 N–H and O–H groups in total. The van der Waals surface area contributed by atoms with E-state index in [0.717, 1.165) is 37.4 Å². The number of aliphatic hydroxyl groups excluding tert-OH is 1. The van der Waals surface area contributed by atoms with Crippen molar-refractivity contribution in [2.75, 3.05) is 19.7 Å². The lowest BCUT2D eigenvalue weighted by Crippen LogP contribution is -2.60. The van der Waals surface area contributed by atoms with Crippen molar-refractivity contribution in [1.82, 2.24) is 26.3 Å². The van der Waals surface area contributed by atoms with Gasteiger partial charge in [-0.3, -0.25) is 10.3 Å². The van der Waals surface area contributed by atoms with E-state index in [2.05, 4.69) is 40.1 Å². The van der Waals surface area contributed by atoms with Crippen LogP contribution in [0.2, 0.25) is 5.02 Å². The number of hydrogen-bond donors (Lipinski definition) is 5. The standard InChI is InChI=1S/C27H38Cl2F3N5O2/c1-25(2)13-17(10-12-39-25)14-35-24-8-7-22(29)26(37-24,20-9-11-33-15-21(20)28)36-19-5-3-18(4-6-19)34-16-23(38)27(30,31)32/h7-9,11,15,17-19,23,34-38H,3-6,10,12-14,16H2,1-2H3/t17?,18?,19?,23-,26?/m0/s1. The average Bonchev–Trinajstić information content (AvgIpc) is 2.88. The Hall–Kier alpha value is -1.56. The monoisotopic (exact) mass is 591 g/mol. The molecule has 1 aromatic heterocycles. The number of nitrogens with zero attached hydrogens (tertiary/aromatic N) is 1. The van der Waals surface area contributed by atoms with Crippen LogP contribution in [0.15, 0.2) is 41.5 Å². The minimum absolute atomic E-state index is 0.0186. The van der Waals surface area contributed by atoms with Crippen molar-refractivity contribution < 1.29 is 23.0 Å². The van der Waals surface area contributed by atoms with Gasteiger partial charge in [-0.25, -0.2) is 0 Å². The number of alkyl halides is 3. The van der Waals surface area contributed by atoms with Gasteiger partial charge in [0, 0.05) is 49.7 Å². The van der Waals surface area contributed by atoms with Gasteiger partial charge < -0.3 is 25.8 Å². The van der Waals surface area contributed by atoms with E-state index < -0.39 is 24.5 Å². The van der Waals surface area contributed by atoms with Crippen LogP contribution in [0.25, 0.3) is 0 Å². The molecule has 1 aliphatic carbocycles. The Bertz CT molecular complexity index is 1050. The summed E-state index contributed by atoms with van der Waals surface area (Å²) in [5.74, 6) is 1.27. The number of aliphatic hydroxyl groups is 1. The Labute approximate surface area is 237 Å². The fourth-order valence-corrected chi connectivity index (χ4v) is 6.20. The van der Waals surface area contributed by atoms with E-state index in [9.17, 15) is 18.3 Å². The normalized spacial score (nSPS) is 30.1. The quantitative estimate of drug-likeness (QED) is 0.285. The summed E-state index contributed by atoms with van der Waals surface area (Å²) >= 11 is 13.5. The first-order chi connectivity index (χ1) is 18.4. The highest BCUT2D eigenvalue weighted by atomic mass is 35.5. The smallest absolute Gasteiger partial charge is 0.382 e. The second kappa shape index (κ2) is 12.5. The number of allylic oxidation sites excluding steroid dienone is 2. The van der Waals surface area contributed by atoms with Crippen molar-refractivity contribution in [2.45, 2.75) is 88.0 Å². The number of rotatable bonds is 9. The zero-order chi connectivity index (χ0) is 28.3. The van der Waals surface area contributed by atoms with Crippen LogP contribution in [0.4, 0.5) is 13.2 Å². The third-order valence-electron chi connectivity index (χ3n) is 7.76. The molecular weight excluding hydrogens is 554 g/mol. The molecule has 39 heavy (non-hydrogen) atoms.